The van der Waals surface area contributed by atoms with Crippen LogP contribution in [0.2, 0.25) is 5.02 Å². The van der Waals surface area contributed by atoms with Crippen LogP contribution in [0.25, 0.3) is 5.65 Å². The maximum Gasteiger partial charge on any atom is 0.258 e. The standard InChI is InChI=1S/C18H17ClFN3O/c1-12(2)22(16-6-4-14(20)5-7-16)11-15-9-18(24)23-10-13(19)3-8-17(23)21-15/h3-10,12H,11H2,1-2H3. The average Bonchev–Trinajstić information content (AvgIpc) is 2.54. The Kier molecular flexibility index (Phi) is 4.53. The summed E-state index contributed by atoms with van der Waals surface area (Å²) in [7, 11) is 0. The van der Waals surface area contributed by atoms with Crippen LogP contribution in [-0.2, 0) is 6.54 Å². The second-order valence-electron chi connectivity index (χ2n) is 5.86. The van der Waals surface area contributed by atoms with Crippen LogP contribution in [0.15, 0.2) is 53.5 Å². The fourth-order valence-electron chi connectivity index (χ4n) is 2.59. The zero-order valence-electron chi connectivity index (χ0n) is 13.4. The van der Waals surface area contributed by atoms with Crippen LogP contribution in [0.5, 0.6) is 0 Å². The van der Waals surface area contributed by atoms with Crippen molar-refractivity contribution in [3.05, 3.63) is 75.5 Å². The van der Waals surface area contributed by atoms with Crippen molar-refractivity contribution < 1.29 is 4.39 Å². The van der Waals surface area contributed by atoms with E-state index in [1.165, 1.54) is 22.6 Å². The number of anilines is 1. The molecule has 24 heavy (non-hydrogen) atoms. The molecule has 3 aromatic rings. The van der Waals surface area contributed by atoms with Gasteiger partial charge in [0.15, 0.2) is 0 Å². The van der Waals surface area contributed by atoms with Gasteiger partial charge in [-0.25, -0.2) is 9.37 Å². The van der Waals surface area contributed by atoms with Gasteiger partial charge in [0.25, 0.3) is 5.56 Å². The summed E-state index contributed by atoms with van der Waals surface area (Å²) in [6, 6.07) is 11.4. The lowest BCUT2D eigenvalue weighted by Gasteiger charge is -2.28. The summed E-state index contributed by atoms with van der Waals surface area (Å²) in [5.74, 6) is -0.276. The van der Waals surface area contributed by atoms with Gasteiger partial charge in [-0.2, -0.15) is 0 Å². The molecule has 0 radical (unpaired) electrons. The molecule has 6 heteroatoms. The van der Waals surface area contributed by atoms with E-state index in [0.717, 1.165) is 5.69 Å². The van der Waals surface area contributed by atoms with Gasteiger partial charge in [-0.1, -0.05) is 11.6 Å². The molecule has 1 aromatic carbocycles. The monoisotopic (exact) mass is 345 g/mol. The molecule has 0 atom stereocenters. The van der Waals surface area contributed by atoms with Crippen LogP contribution in [-0.4, -0.2) is 15.4 Å². The number of pyridine rings is 1. The molecule has 2 aromatic heterocycles. The Labute approximate surface area is 144 Å². The third-order valence-corrected chi connectivity index (χ3v) is 4.01. The van der Waals surface area contributed by atoms with Crippen molar-refractivity contribution in [2.75, 3.05) is 4.90 Å². The Morgan fingerprint density at radius 2 is 1.92 bits per heavy atom. The smallest absolute Gasteiger partial charge is 0.258 e. The molecular weight excluding hydrogens is 329 g/mol. The SMILES string of the molecule is CC(C)N(Cc1cc(=O)n2cc(Cl)ccc2n1)c1ccc(F)cc1. The van der Waals surface area contributed by atoms with E-state index in [1.807, 2.05) is 13.8 Å². The summed E-state index contributed by atoms with van der Waals surface area (Å²) in [5.41, 5.74) is 1.90. The summed E-state index contributed by atoms with van der Waals surface area (Å²) >= 11 is 5.92. The van der Waals surface area contributed by atoms with Crippen LogP contribution in [0.3, 0.4) is 0 Å². The first-order chi connectivity index (χ1) is 11.4. The Morgan fingerprint density at radius 1 is 1.21 bits per heavy atom. The fourth-order valence-corrected chi connectivity index (χ4v) is 2.75. The summed E-state index contributed by atoms with van der Waals surface area (Å²) in [6.07, 6.45) is 1.55. The lowest BCUT2D eigenvalue weighted by Crippen LogP contribution is -2.31. The normalized spacial score (nSPS) is 11.2. The second kappa shape index (κ2) is 6.61. The van der Waals surface area contributed by atoms with Gasteiger partial charge >= 0.3 is 0 Å². The number of rotatable bonds is 4. The van der Waals surface area contributed by atoms with Crippen LogP contribution < -0.4 is 10.5 Å². The third kappa shape index (κ3) is 3.41. The van der Waals surface area contributed by atoms with Crippen LogP contribution in [0, 0.1) is 5.82 Å². The number of benzene rings is 1. The molecule has 0 saturated heterocycles. The van der Waals surface area contributed by atoms with E-state index in [0.29, 0.717) is 22.9 Å². The highest BCUT2D eigenvalue weighted by atomic mass is 35.5. The zero-order valence-corrected chi connectivity index (χ0v) is 14.2. The number of halogens is 2. The Bertz CT molecular complexity index is 922. The molecule has 0 aliphatic rings. The van der Waals surface area contributed by atoms with Gasteiger partial charge in [0.1, 0.15) is 11.5 Å². The molecule has 0 spiro atoms. The molecule has 0 aliphatic heterocycles. The highest BCUT2D eigenvalue weighted by molar-refractivity contribution is 6.30. The predicted molar refractivity (Wildman–Crippen MR) is 94.2 cm³/mol. The van der Waals surface area contributed by atoms with Crippen molar-refractivity contribution >= 4 is 22.9 Å². The Morgan fingerprint density at radius 3 is 2.58 bits per heavy atom. The van der Waals surface area contributed by atoms with Crippen molar-refractivity contribution in [1.82, 2.24) is 9.38 Å². The number of hydrogen-bond acceptors (Lipinski definition) is 3. The second-order valence-corrected chi connectivity index (χ2v) is 6.30. The molecule has 3 rings (SSSR count). The van der Waals surface area contributed by atoms with Gasteiger partial charge < -0.3 is 4.90 Å². The number of aromatic nitrogens is 2. The Hall–Kier alpha value is -2.40. The molecule has 0 aliphatic carbocycles. The number of nitrogens with zero attached hydrogens (tertiary/aromatic N) is 3. The van der Waals surface area contributed by atoms with E-state index < -0.39 is 0 Å². The Balaban J connectivity index is 1.98. The third-order valence-electron chi connectivity index (χ3n) is 3.79. The van der Waals surface area contributed by atoms with E-state index in [-0.39, 0.29) is 17.4 Å². The van der Waals surface area contributed by atoms with Crippen molar-refractivity contribution in [1.29, 1.82) is 0 Å². The van der Waals surface area contributed by atoms with Gasteiger partial charge in [-0.3, -0.25) is 9.20 Å². The molecule has 0 fully saturated rings. The predicted octanol–water partition coefficient (Wildman–Crippen LogP) is 3.90. The molecule has 0 saturated carbocycles. The minimum atomic E-state index is -0.276. The van der Waals surface area contributed by atoms with Crippen molar-refractivity contribution in [2.45, 2.75) is 26.4 Å². The molecule has 0 unspecified atom stereocenters. The minimum Gasteiger partial charge on any atom is -0.363 e. The number of hydrogen-bond donors (Lipinski definition) is 0. The zero-order chi connectivity index (χ0) is 17.3. The van der Waals surface area contributed by atoms with E-state index in [1.54, 1.807) is 30.5 Å². The summed E-state index contributed by atoms with van der Waals surface area (Å²) < 4.78 is 14.6. The molecule has 0 bridgehead atoms. The molecule has 4 nitrogen and oxygen atoms in total. The lowest BCUT2D eigenvalue weighted by atomic mass is 10.2. The first-order valence-electron chi connectivity index (χ1n) is 7.64. The van der Waals surface area contributed by atoms with Crippen molar-refractivity contribution in [3.63, 3.8) is 0 Å². The van der Waals surface area contributed by atoms with Gasteiger partial charge in [-0.05, 0) is 50.2 Å². The van der Waals surface area contributed by atoms with Crippen LogP contribution in [0.4, 0.5) is 10.1 Å². The molecule has 0 amide bonds. The molecule has 124 valence electrons. The lowest BCUT2D eigenvalue weighted by molar-refractivity contribution is 0.625. The fraction of sp³-hybridized carbons (Fsp3) is 0.222. The van der Waals surface area contributed by atoms with E-state index in [9.17, 15) is 9.18 Å². The van der Waals surface area contributed by atoms with Crippen LogP contribution >= 0.6 is 11.6 Å². The largest absolute Gasteiger partial charge is 0.363 e. The first kappa shape index (κ1) is 16.5. The molecular formula is C18H17ClFN3O. The maximum atomic E-state index is 13.2. The van der Waals surface area contributed by atoms with Crippen molar-refractivity contribution in [3.8, 4) is 0 Å². The van der Waals surface area contributed by atoms with E-state index >= 15 is 0 Å². The van der Waals surface area contributed by atoms with E-state index in [2.05, 4.69) is 9.88 Å². The van der Waals surface area contributed by atoms with Gasteiger partial charge in [0.2, 0.25) is 0 Å². The van der Waals surface area contributed by atoms with Crippen molar-refractivity contribution in [2.24, 2.45) is 0 Å². The summed E-state index contributed by atoms with van der Waals surface area (Å²) in [5, 5.41) is 0.481. The van der Waals surface area contributed by atoms with E-state index in [4.69, 9.17) is 11.6 Å². The highest BCUT2D eigenvalue weighted by Crippen LogP contribution is 2.20. The summed E-state index contributed by atoms with van der Waals surface area (Å²) in [6.45, 7) is 4.53. The number of fused-ring (bicyclic) bond motifs is 1. The average molecular weight is 346 g/mol. The molecule has 2 heterocycles. The topological polar surface area (TPSA) is 37.6 Å². The first-order valence-corrected chi connectivity index (χ1v) is 8.02. The maximum absolute atomic E-state index is 13.2. The van der Waals surface area contributed by atoms with Gasteiger partial charge in [0.05, 0.1) is 17.3 Å². The van der Waals surface area contributed by atoms with Gasteiger partial charge in [0, 0.05) is 24.0 Å². The summed E-state index contributed by atoms with van der Waals surface area (Å²) in [4.78, 5) is 18.9. The molecule has 0 N–H and O–H groups in total. The highest BCUT2D eigenvalue weighted by Gasteiger charge is 2.13. The van der Waals surface area contributed by atoms with Gasteiger partial charge in [-0.15, -0.1) is 0 Å². The van der Waals surface area contributed by atoms with Crippen LogP contribution in [0.1, 0.15) is 19.5 Å². The quantitative estimate of drug-likeness (QED) is 0.719. The minimum absolute atomic E-state index is 0.168.